The summed E-state index contributed by atoms with van der Waals surface area (Å²) in [4.78, 5) is 0. The number of hydrogen-bond donors (Lipinski definition) is 1. The van der Waals surface area contributed by atoms with Crippen LogP contribution in [0.15, 0.2) is 46.9 Å². The average molecular weight is 333 g/mol. The Morgan fingerprint density at radius 2 is 2.00 bits per heavy atom. The maximum atomic E-state index is 10.4. The molecule has 2 atom stereocenters. The van der Waals surface area contributed by atoms with Gasteiger partial charge in [0.25, 0.3) is 0 Å². The fourth-order valence-corrected chi connectivity index (χ4v) is 3.16. The lowest BCUT2D eigenvalue weighted by Gasteiger charge is -2.31. The third-order valence-electron chi connectivity index (χ3n) is 3.82. The number of aryl methyl sites for hydroxylation is 1. The van der Waals surface area contributed by atoms with Crippen LogP contribution in [0.5, 0.6) is 5.75 Å². The van der Waals surface area contributed by atoms with E-state index in [1.807, 2.05) is 30.3 Å². The molecule has 0 saturated heterocycles. The number of aliphatic hydroxyl groups excluding tert-OH is 1. The van der Waals surface area contributed by atoms with Gasteiger partial charge in [0.1, 0.15) is 11.9 Å². The zero-order valence-corrected chi connectivity index (χ0v) is 12.9. The molecule has 3 rings (SSSR count). The van der Waals surface area contributed by atoms with Crippen molar-refractivity contribution in [3.05, 3.63) is 63.6 Å². The van der Waals surface area contributed by atoms with Gasteiger partial charge in [-0.3, -0.25) is 0 Å². The molecule has 1 aliphatic rings. The first-order chi connectivity index (χ1) is 9.69. The summed E-state index contributed by atoms with van der Waals surface area (Å²) in [5.41, 5.74) is 3.33. The minimum atomic E-state index is -0.480. The first-order valence-corrected chi connectivity index (χ1v) is 7.70. The maximum Gasteiger partial charge on any atom is 0.127 e. The molecule has 0 aliphatic carbocycles. The standard InChI is InChI=1S/C17H17BrO2/c1-2-11-5-3-4-6-13(11)17-10-15(19)14-9-12(18)7-8-16(14)20-17/h3-9,15,17,19H,2,10H2,1H3. The molecule has 0 saturated carbocycles. The molecule has 0 aromatic heterocycles. The average Bonchev–Trinajstić information content (AvgIpc) is 2.47. The van der Waals surface area contributed by atoms with E-state index in [2.05, 4.69) is 35.0 Å². The Kier molecular flexibility index (Phi) is 3.81. The minimum Gasteiger partial charge on any atom is -0.485 e. The minimum absolute atomic E-state index is 0.0742. The molecule has 20 heavy (non-hydrogen) atoms. The molecule has 2 aromatic carbocycles. The monoisotopic (exact) mass is 332 g/mol. The first-order valence-electron chi connectivity index (χ1n) is 6.91. The molecule has 0 amide bonds. The van der Waals surface area contributed by atoms with Crippen LogP contribution < -0.4 is 4.74 Å². The Balaban J connectivity index is 1.97. The van der Waals surface area contributed by atoms with E-state index in [0.29, 0.717) is 6.42 Å². The predicted octanol–water partition coefficient (Wildman–Crippen LogP) is 4.57. The molecule has 0 radical (unpaired) electrons. The van der Waals surface area contributed by atoms with Gasteiger partial charge in [-0.15, -0.1) is 0 Å². The van der Waals surface area contributed by atoms with Crippen LogP contribution in [0.25, 0.3) is 0 Å². The second-order valence-electron chi connectivity index (χ2n) is 5.09. The largest absolute Gasteiger partial charge is 0.485 e. The summed E-state index contributed by atoms with van der Waals surface area (Å²) < 4.78 is 7.07. The zero-order valence-electron chi connectivity index (χ0n) is 11.3. The summed E-state index contributed by atoms with van der Waals surface area (Å²) in [6.45, 7) is 2.14. The van der Waals surface area contributed by atoms with Gasteiger partial charge >= 0.3 is 0 Å². The van der Waals surface area contributed by atoms with Crippen LogP contribution >= 0.6 is 15.9 Å². The van der Waals surface area contributed by atoms with Crippen LogP contribution in [-0.4, -0.2) is 5.11 Å². The lowest BCUT2D eigenvalue weighted by molar-refractivity contribution is 0.0653. The Morgan fingerprint density at radius 3 is 2.80 bits per heavy atom. The van der Waals surface area contributed by atoms with Gasteiger partial charge in [-0.2, -0.15) is 0 Å². The van der Waals surface area contributed by atoms with E-state index in [4.69, 9.17) is 4.74 Å². The highest BCUT2D eigenvalue weighted by molar-refractivity contribution is 9.10. The van der Waals surface area contributed by atoms with Gasteiger partial charge in [0.15, 0.2) is 0 Å². The lowest BCUT2D eigenvalue weighted by atomic mass is 9.92. The SMILES string of the molecule is CCc1ccccc1C1CC(O)c2cc(Br)ccc2O1. The van der Waals surface area contributed by atoms with Crippen LogP contribution in [0.2, 0.25) is 0 Å². The van der Waals surface area contributed by atoms with Crippen molar-refractivity contribution in [3.63, 3.8) is 0 Å². The third-order valence-corrected chi connectivity index (χ3v) is 4.31. The van der Waals surface area contributed by atoms with E-state index in [-0.39, 0.29) is 6.10 Å². The van der Waals surface area contributed by atoms with E-state index in [1.54, 1.807) is 0 Å². The molecule has 2 aromatic rings. The topological polar surface area (TPSA) is 29.5 Å². The molecule has 0 fully saturated rings. The summed E-state index contributed by atoms with van der Waals surface area (Å²) in [5, 5.41) is 10.4. The van der Waals surface area contributed by atoms with Crippen molar-refractivity contribution in [2.24, 2.45) is 0 Å². The molecule has 2 nitrogen and oxygen atoms in total. The van der Waals surface area contributed by atoms with E-state index in [0.717, 1.165) is 22.2 Å². The van der Waals surface area contributed by atoms with E-state index in [9.17, 15) is 5.11 Å². The molecule has 1 heterocycles. The van der Waals surface area contributed by atoms with Gasteiger partial charge in [-0.1, -0.05) is 47.1 Å². The molecule has 1 N–H and O–H groups in total. The fraction of sp³-hybridized carbons (Fsp3) is 0.294. The Hall–Kier alpha value is -1.32. The molecule has 1 aliphatic heterocycles. The highest BCUT2D eigenvalue weighted by atomic mass is 79.9. The van der Waals surface area contributed by atoms with Crippen molar-refractivity contribution in [1.82, 2.24) is 0 Å². The van der Waals surface area contributed by atoms with Gasteiger partial charge < -0.3 is 9.84 Å². The Labute approximate surface area is 127 Å². The molecule has 0 bridgehead atoms. The number of ether oxygens (including phenoxy) is 1. The normalized spacial score (nSPS) is 21.1. The highest BCUT2D eigenvalue weighted by Gasteiger charge is 2.29. The number of halogens is 1. The number of fused-ring (bicyclic) bond motifs is 1. The second-order valence-corrected chi connectivity index (χ2v) is 6.01. The van der Waals surface area contributed by atoms with Crippen molar-refractivity contribution < 1.29 is 9.84 Å². The molecular weight excluding hydrogens is 316 g/mol. The second kappa shape index (κ2) is 5.58. The quantitative estimate of drug-likeness (QED) is 0.872. The van der Waals surface area contributed by atoms with Gasteiger partial charge in [0.2, 0.25) is 0 Å². The van der Waals surface area contributed by atoms with E-state index in [1.165, 1.54) is 11.1 Å². The van der Waals surface area contributed by atoms with Crippen LogP contribution in [0.3, 0.4) is 0 Å². The Morgan fingerprint density at radius 1 is 1.20 bits per heavy atom. The van der Waals surface area contributed by atoms with Crippen molar-refractivity contribution in [1.29, 1.82) is 0 Å². The summed E-state index contributed by atoms with van der Waals surface area (Å²) in [6, 6.07) is 14.1. The maximum absolute atomic E-state index is 10.4. The Bertz CT molecular complexity index is 624. The molecule has 0 spiro atoms. The van der Waals surface area contributed by atoms with Crippen LogP contribution in [0, 0.1) is 0 Å². The number of benzene rings is 2. The fourth-order valence-electron chi connectivity index (χ4n) is 2.78. The number of rotatable bonds is 2. The van der Waals surface area contributed by atoms with E-state index >= 15 is 0 Å². The molecule has 3 heteroatoms. The van der Waals surface area contributed by atoms with Gasteiger partial charge in [-0.05, 0) is 35.7 Å². The number of hydrogen-bond acceptors (Lipinski definition) is 2. The van der Waals surface area contributed by atoms with Crippen molar-refractivity contribution in [3.8, 4) is 5.75 Å². The van der Waals surface area contributed by atoms with E-state index < -0.39 is 6.10 Å². The molecule has 104 valence electrons. The predicted molar refractivity (Wildman–Crippen MR) is 82.9 cm³/mol. The molecule has 2 unspecified atom stereocenters. The van der Waals surface area contributed by atoms with Gasteiger partial charge in [0, 0.05) is 16.5 Å². The highest BCUT2D eigenvalue weighted by Crippen LogP contribution is 2.42. The van der Waals surface area contributed by atoms with Gasteiger partial charge in [0.05, 0.1) is 6.10 Å². The van der Waals surface area contributed by atoms with Crippen molar-refractivity contribution >= 4 is 15.9 Å². The lowest BCUT2D eigenvalue weighted by Crippen LogP contribution is -2.20. The van der Waals surface area contributed by atoms with Gasteiger partial charge in [-0.25, -0.2) is 0 Å². The van der Waals surface area contributed by atoms with Crippen LogP contribution in [0.4, 0.5) is 0 Å². The van der Waals surface area contributed by atoms with Crippen molar-refractivity contribution in [2.45, 2.75) is 32.0 Å². The van der Waals surface area contributed by atoms with Crippen LogP contribution in [0.1, 0.15) is 42.2 Å². The number of aliphatic hydroxyl groups is 1. The van der Waals surface area contributed by atoms with Crippen molar-refractivity contribution in [2.75, 3.05) is 0 Å². The van der Waals surface area contributed by atoms with Crippen LogP contribution in [-0.2, 0) is 6.42 Å². The summed E-state index contributed by atoms with van der Waals surface area (Å²) >= 11 is 3.43. The summed E-state index contributed by atoms with van der Waals surface area (Å²) in [5.74, 6) is 0.780. The summed E-state index contributed by atoms with van der Waals surface area (Å²) in [6.07, 6.45) is 1.01. The zero-order chi connectivity index (χ0) is 14.1. The summed E-state index contributed by atoms with van der Waals surface area (Å²) in [7, 11) is 0. The third kappa shape index (κ3) is 2.48. The smallest absolute Gasteiger partial charge is 0.127 e. The first kappa shape index (κ1) is 13.7. The molecular formula is C17H17BrO2.